The maximum Gasteiger partial charge on any atom is 0.354 e. The summed E-state index contributed by atoms with van der Waals surface area (Å²) < 4.78 is 56.8. The average molecular weight is 563 g/mol. The summed E-state index contributed by atoms with van der Waals surface area (Å²) in [6, 6.07) is 18.5. The molecule has 0 bridgehead atoms. The van der Waals surface area contributed by atoms with Crippen molar-refractivity contribution in [1.82, 2.24) is 0 Å². The van der Waals surface area contributed by atoms with Crippen molar-refractivity contribution in [2.45, 2.75) is 19.3 Å². The number of nitrogens with two attached hydrogens (primary N) is 1. The van der Waals surface area contributed by atoms with Crippen LogP contribution in [-0.4, -0.2) is 39.1 Å². The highest BCUT2D eigenvalue weighted by Crippen LogP contribution is 2.58. The molecule has 3 aromatic carbocycles. The minimum absolute atomic E-state index is 0.00296. The van der Waals surface area contributed by atoms with Crippen molar-refractivity contribution >= 4 is 34.8 Å². The van der Waals surface area contributed by atoms with E-state index >= 15 is 0 Å². The molecule has 2 atom stereocenters. The highest BCUT2D eigenvalue weighted by atomic mass is 32.2. The van der Waals surface area contributed by atoms with E-state index in [9.17, 15) is 17.9 Å². The minimum atomic E-state index is -4.42. The van der Waals surface area contributed by atoms with Gasteiger partial charge in [-0.05, 0) is 42.8 Å². The van der Waals surface area contributed by atoms with Crippen LogP contribution in [0.3, 0.4) is 0 Å². The summed E-state index contributed by atoms with van der Waals surface area (Å²) in [5.41, 5.74) is 7.35. The Morgan fingerprint density at radius 2 is 1.71 bits per heavy atom. The van der Waals surface area contributed by atoms with Gasteiger partial charge in [0.2, 0.25) is 10.0 Å². The number of benzene rings is 3. The summed E-state index contributed by atoms with van der Waals surface area (Å²) in [5.74, 6) is -1.07. The second-order valence-electron chi connectivity index (χ2n) is 8.25. The van der Waals surface area contributed by atoms with Crippen molar-refractivity contribution in [3.63, 3.8) is 0 Å². The summed E-state index contributed by atoms with van der Waals surface area (Å²) in [4.78, 5) is 10.8. The summed E-state index contributed by atoms with van der Waals surface area (Å²) in [6.45, 7) is 2.20. The Balaban J connectivity index is 2.12. The van der Waals surface area contributed by atoms with E-state index in [4.69, 9.17) is 25.1 Å². The monoisotopic (exact) mass is 562 g/mol. The van der Waals surface area contributed by atoms with E-state index in [0.29, 0.717) is 11.3 Å². The Labute approximate surface area is 222 Å². The largest absolute Gasteiger partial charge is 0.490 e. The highest BCUT2D eigenvalue weighted by Gasteiger charge is 2.36. The molecule has 0 aliphatic carbocycles. The molecule has 38 heavy (non-hydrogen) atoms. The van der Waals surface area contributed by atoms with Gasteiger partial charge in [0.15, 0.2) is 17.3 Å². The Morgan fingerprint density at radius 1 is 1.08 bits per heavy atom. The van der Waals surface area contributed by atoms with E-state index in [-0.39, 0.29) is 41.8 Å². The van der Waals surface area contributed by atoms with Crippen molar-refractivity contribution in [3.05, 3.63) is 83.4 Å². The zero-order valence-corrected chi connectivity index (χ0v) is 22.9. The normalized spacial score (nSPS) is 13.7. The minimum Gasteiger partial charge on any atom is -0.490 e. The van der Waals surface area contributed by atoms with Crippen LogP contribution in [-0.2, 0) is 25.7 Å². The number of ether oxygens (including phenoxy) is 2. The molecule has 0 aliphatic heterocycles. The van der Waals surface area contributed by atoms with E-state index < -0.39 is 23.4 Å². The van der Waals surface area contributed by atoms with Gasteiger partial charge < -0.3 is 29.9 Å². The molecule has 204 valence electrons. The first-order valence-electron chi connectivity index (χ1n) is 11.5. The van der Waals surface area contributed by atoms with Crippen LogP contribution < -0.4 is 25.2 Å². The Bertz CT molecular complexity index is 1420. The predicted octanol–water partition coefficient (Wildman–Crippen LogP) is 4.26. The van der Waals surface area contributed by atoms with Crippen molar-refractivity contribution in [3.8, 4) is 11.5 Å². The van der Waals surface area contributed by atoms with Gasteiger partial charge in [0.25, 0.3) is 0 Å². The molecule has 0 saturated carbocycles. The van der Waals surface area contributed by atoms with Crippen LogP contribution in [0.15, 0.2) is 66.7 Å². The average Bonchev–Trinajstić information content (AvgIpc) is 2.87. The third-order valence-corrected chi connectivity index (χ3v) is 7.50. The third-order valence-electron chi connectivity index (χ3n) is 5.33. The highest BCUT2D eigenvalue weighted by molar-refractivity contribution is 7.92. The van der Waals surface area contributed by atoms with E-state index in [0.717, 1.165) is 18.9 Å². The van der Waals surface area contributed by atoms with Gasteiger partial charge in [-0.2, -0.15) is 0 Å². The number of nitrogens with one attached hydrogen (secondary N) is 3. The quantitative estimate of drug-likeness (QED) is 0.116. The van der Waals surface area contributed by atoms with E-state index in [1.165, 1.54) is 12.1 Å². The van der Waals surface area contributed by atoms with Crippen LogP contribution in [0, 0.1) is 5.41 Å². The maximum atomic E-state index is 13.2. The standard InChI is InChI=1S/C25H31N4O7PS/c1-4-35-22-14-20(25(37(30,31)34-2)28-19-12-10-18(11-13-19)24(26)27)21(29-38(3,32)33)15-23(22)36-16-17-8-6-5-7-9-17/h5-15,25,28-29H,4,16H2,1-3H3,(H3,26,27)(H,30,31). The van der Waals surface area contributed by atoms with Gasteiger partial charge in [-0.1, -0.05) is 30.3 Å². The Kier molecular flexibility index (Phi) is 9.40. The van der Waals surface area contributed by atoms with Crippen molar-refractivity contribution in [2.75, 3.05) is 30.0 Å². The fourth-order valence-corrected chi connectivity index (χ4v) is 5.22. The first-order valence-corrected chi connectivity index (χ1v) is 15.0. The second kappa shape index (κ2) is 12.3. The molecule has 3 aromatic rings. The fourth-order valence-electron chi connectivity index (χ4n) is 3.55. The topological polar surface area (TPSA) is 173 Å². The van der Waals surface area contributed by atoms with Crippen LogP contribution >= 0.6 is 7.60 Å². The molecule has 0 fully saturated rings. The number of hydrogen-bond acceptors (Lipinski definition) is 8. The van der Waals surface area contributed by atoms with Gasteiger partial charge in [-0.25, -0.2) is 8.42 Å². The van der Waals surface area contributed by atoms with Crippen LogP contribution in [0.25, 0.3) is 0 Å². The first kappa shape index (κ1) is 29.0. The summed E-state index contributed by atoms with van der Waals surface area (Å²) in [7, 11) is -7.14. The Morgan fingerprint density at radius 3 is 2.26 bits per heavy atom. The molecule has 13 heteroatoms. The van der Waals surface area contributed by atoms with Crippen LogP contribution in [0.4, 0.5) is 11.4 Å². The lowest BCUT2D eigenvalue weighted by Gasteiger charge is -2.27. The second-order valence-corrected chi connectivity index (χ2v) is 12.0. The molecule has 2 unspecified atom stereocenters. The molecule has 0 heterocycles. The lowest BCUT2D eigenvalue weighted by molar-refractivity contribution is 0.269. The smallest absolute Gasteiger partial charge is 0.354 e. The lowest BCUT2D eigenvalue weighted by Crippen LogP contribution is -2.18. The van der Waals surface area contributed by atoms with E-state index in [2.05, 4.69) is 10.0 Å². The molecule has 0 amide bonds. The molecule has 0 aromatic heterocycles. The molecule has 0 saturated heterocycles. The van der Waals surface area contributed by atoms with Crippen molar-refractivity contribution in [1.29, 1.82) is 5.41 Å². The first-order chi connectivity index (χ1) is 17.9. The van der Waals surface area contributed by atoms with Crippen LogP contribution in [0.5, 0.6) is 11.5 Å². The summed E-state index contributed by atoms with van der Waals surface area (Å²) in [5, 5.41) is 10.5. The van der Waals surface area contributed by atoms with Gasteiger partial charge >= 0.3 is 7.60 Å². The Hall–Kier alpha value is -3.57. The third kappa shape index (κ3) is 7.72. The van der Waals surface area contributed by atoms with Crippen LogP contribution in [0.1, 0.15) is 29.4 Å². The number of anilines is 2. The molecule has 6 N–H and O–H groups in total. The predicted molar refractivity (Wildman–Crippen MR) is 148 cm³/mol. The summed E-state index contributed by atoms with van der Waals surface area (Å²) >= 11 is 0. The van der Waals surface area contributed by atoms with Gasteiger partial charge in [0.05, 0.1) is 18.6 Å². The zero-order valence-electron chi connectivity index (χ0n) is 21.2. The number of amidine groups is 1. The summed E-state index contributed by atoms with van der Waals surface area (Å²) in [6.07, 6.45) is 0.968. The number of sulfonamides is 1. The SMILES string of the molecule is CCOc1cc(C(Nc2ccc(C(=N)N)cc2)P(=O)(O)OC)c(NS(C)(=O)=O)cc1OCc1ccccc1. The maximum absolute atomic E-state index is 13.2. The van der Waals surface area contributed by atoms with Gasteiger partial charge in [-0.15, -0.1) is 0 Å². The van der Waals surface area contributed by atoms with Gasteiger partial charge in [-0.3, -0.25) is 14.7 Å². The number of nitrogen functional groups attached to an aromatic ring is 1. The van der Waals surface area contributed by atoms with Crippen LogP contribution in [0.2, 0.25) is 0 Å². The molecule has 0 aliphatic rings. The molecule has 3 rings (SSSR count). The molecule has 0 spiro atoms. The van der Waals surface area contributed by atoms with Gasteiger partial charge in [0.1, 0.15) is 12.4 Å². The fraction of sp³-hybridized carbons (Fsp3) is 0.240. The molecular weight excluding hydrogens is 531 g/mol. The van der Waals surface area contributed by atoms with E-state index in [1.54, 1.807) is 31.2 Å². The van der Waals surface area contributed by atoms with Crippen molar-refractivity contribution < 1.29 is 31.9 Å². The van der Waals surface area contributed by atoms with E-state index in [1.807, 2.05) is 30.3 Å². The number of rotatable bonds is 13. The van der Waals surface area contributed by atoms with Crippen molar-refractivity contribution in [2.24, 2.45) is 5.73 Å². The lowest BCUT2D eigenvalue weighted by atomic mass is 10.1. The molecular formula is C25H31N4O7PS. The van der Waals surface area contributed by atoms with Gasteiger partial charge in [0, 0.05) is 30.0 Å². The zero-order chi connectivity index (χ0) is 27.9. The molecule has 11 nitrogen and oxygen atoms in total. The number of hydrogen-bond donors (Lipinski definition) is 5. The molecule has 0 radical (unpaired) electrons.